The summed E-state index contributed by atoms with van der Waals surface area (Å²) < 4.78 is 48.4. The van der Waals surface area contributed by atoms with Crippen molar-refractivity contribution < 1.29 is 27.1 Å². The normalized spacial score (nSPS) is 14.3. The summed E-state index contributed by atoms with van der Waals surface area (Å²) in [6, 6.07) is 16.9. The zero-order valence-electron chi connectivity index (χ0n) is 23.6. The Kier molecular flexibility index (Phi) is 10.5. The molecule has 0 heterocycles. The van der Waals surface area contributed by atoms with E-state index in [0.29, 0.717) is 10.6 Å². The molecule has 0 spiro atoms. The molecule has 11 heteroatoms. The SMILES string of the molecule is CCOc1ccccc1N(CC(=O)N(Cc1ccc(F)cc1)[C@@H](C)C(=O)NC1CCCC1)S(=O)(=O)c1ccc(Cl)cc1. The second-order valence-electron chi connectivity index (χ2n) is 10.2. The number of amides is 2. The highest BCUT2D eigenvalue weighted by atomic mass is 35.5. The Morgan fingerprint density at radius 2 is 1.67 bits per heavy atom. The number of nitrogens with zero attached hydrogens (tertiary/aromatic N) is 2. The molecule has 1 saturated carbocycles. The number of carbonyl (C=O) groups is 2. The molecular formula is C31H35ClFN3O5S. The first kappa shape index (κ1) is 31.3. The first-order valence-corrected chi connectivity index (χ1v) is 15.8. The van der Waals surface area contributed by atoms with E-state index in [1.165, 1.54) is 53.4 Å². The lowest BCUT2D eigenvalue weighted by molar-refractivity contribution is -0.139. The molecule has 42 heavy (non-hydrogen) atoms. The van der Waals surface area contributed by atoms with Crippen LogP contribution in [-0.2, 0) is 26.2 Å². The van der Waals surface area contributed by atoms with Gasteiger partial charge in [0.15, 0.2) is 0 Å². The van der Waals surface area contributed by atoms with Crippen LogP contribution in [0.5, 0.6) is 5.75 Å². The lowest BCUT2D eigenvalue weighted by Gasteiger charge is -2.33. The van der Waals surface area contributed by atoms with Crippen LogP contribution >= 0.6 is 11.6 Å². The number of benzene rings is 3. The lowest BCUT2D eigenvalue weighted by Crippen LogP contribution is -2.52. The van der Waals surface area contributed by atoms with Crippen molar-refractivity contribution in [3.63, 3.8) is 0 Å². The molecule has 0 radical (unpaired) electrons. The van der Waals surface area contributed by atoms with Crippen LogP contribution in [0.1, 0.15) is 45.1 Å². The molecule has 0 unspecified atom stereocenters. The van der Waals surface area contributed by atoms with Gasteiger partial charge in [-0.25, -0.2) is 12.8 Å². The van der Waals surface area contributed by atoms with Gasteiger partial charge in [-0.1, -0.05) is 48.7 Å². The number of nitrogens with one attached hydrogen (secondary N) is 1. The zero-order chi connectivity index (χ0) is 30.3. The molecule has 2 amide bonds. The van der Waals surface area contributed by atoms with Gasteiger partial charge in [-0.15, -0.1) is 0 Å². The largest absolute Gasteiger partial charge is 0.492 e. The molecular weight excluding hydrogens is 581 g/mol. The molecule has 0 saturated heterocycles. The van der Waals surface area contributed by atoms with Gasteiger partial charge in [0.25, 0.3) is 10.0 Å². The number of hydrogen-bond acceptors (Lipinski definition) is 5. The van der Waals surface area contributed by atoms with Crippen molar-refractivity contribution in [2.75, 3.05) is 17.5 Å². The highest BCUT2D eigenvalue weighted by Crippen LogP contribution is 2.33. The van der Waals surface area contributed by atoms with Crippen LogP contribution in [0.2, 0.25) is 5.02 Å². The molecule has 0 aromatic heterocycles. The van der Waals surface area contributed by atoms with Crippen LogP contribution in [0, 0.1) is 5.82 Å². The number of rotatable bonds is 12. The first-order chi connectivity index (χ1) is 20.1. The summed E-state index contributed by atoms with van der Waals surface area (Å²) in [6.45, 7) is 3.01. The van der Waals surface area contributed by atoms with Crippen molar-refractivity contribution in [3.8, 4) is 5.75 Å². The van der Waals surface area contributed by atoms with Gasteiger partial charge in [-0.05, 0) is 80.8 Å². The van der Waals surface area contributed by atoms with Crippen molar-refractivity contribution in [1.29, 1.82) is 0 Å². The molecule has 1 fully saturated rings. The minimum Gasteiger partial charge on any atom is -0.492 e. The maximum absolute atomic E-state index is 14.1. The van der Waals surface area contributed by atoms with Crippen LogP contribution in [0.3, 0.4) is 0 Å². The monoisotopic (exact) mass is 615 g/mol. The maximum Gasteiger partial charge on any atom is 0.264 e. The van der Waals surface area contributed by atoms with E-state index >= 15 is 0 Å². The predicted molar refractivity (Wildman–Crippen MR) is 160 cm³/mol. The van der Waals surface area contributed by atoms with Crippen LogP contribution in [-0.4, -0.2) is 50.4 Å². The topological polar surface area (TPSA) is 96.0 Å². The van der Waals surface area contributed by atoms with Gasteiger partial charge in [0, 0.05) is 17.6 Å². The van der Waals surface area contributed by atoms with Crippen molar-refractivity contribution >= 4 is 39.1 Å². The summed E-state index contributed by atoms with van der Waals surface area (Å²) in [4.78, 5) is 28.6. The zero-order valence-corrected chi connectivity index (χ0v) is 25.2. The highest BCUT2D eigenvalue weighted by molar-refractivity contribution is 7.92. The first-order valence-electron chi connectivity index (χ1n) is 13.9. The van der Waals surface area contributed by atoms with Crippen LogP contribution in [0.15, 0.2) is 77.7 Å². The molecule has 0 bridgehead atoms. The summed E-state index contributed by atoms with van der Waals surface area (Å²) >= 11 is 6.01. The summed E-state index contributed by atoms with van der Waals surface area (Å²) in [5.74, 6) is -1.10. The smallest absolute Gasteiger partial charge is 0.264 e. The van der Waals surface area contributed by atoms with Gasteiger partial charge < -0.3 is 15.0 Å². The quantitative estimate of drug-likeness (QED) is 0.288. The molecule has 4 rings (SSSR count). The second-order valence-corrected chi connectivity index (χ2v) is 12.5. The number of ether oxygens (including phenoxy) is 1. The predicted octanol–water partition coefficient (Wildman–Crippen LogP) is 5.55. The van der Waals surface area contributed by atoms with Gasteiger partial charge >= 0.3 is 0 Å². The molecule has 3 aromatic rings. The van der Waals surface area contributed by atoms with Crippen LogP contribution < -0.4 is 14.4 Å². The van der Waals surface area contributed by atoms with Crippen molar-refractivity contribution in [2.24, 2.45) is 0 Å². The number of halogens is 2. The maximum atomic E-state index is 14.1. The van der Waals surface area contributed by atoms with E-state index in [9.17, 15) is 22.4 Å². The Bertz CT molecular complexity index is 1480. The van der Waals surface area contributed by atoms with Crippen LogP contribution in [0.4, 0.5) is 10.1 Å². The number of para-hydroxylation sites is 2. The molecule has 224 valence electrons. The van der Waals surface area contributed by atoms with Gasteiger partial charge in [0.2, 0.25) is 11.8 Å². The Hall–Kier alpha value is -3.63. The lowest BCUT2D eigenvalue weighted by atomic mass is 10.1. The van der Waals surface area contributed by atoms with E-state index in [1.54, 1.807) is 38.1 Å². The molecule has 1 aliphatic rings. The van der Waals surface area contributed by atoms with Gasteiger partial charge in [-0.3, -0.25) is 13.9 Å². The Morgan fingerprint density at radius 3 is 2.31 bits per heavy atom. The standard InChI is InChI=1S/C31H35ClFN3O5S/c1-3-41-29-11-7-6-10-28(29)36(42(39,40)27-18-14-24(32)15-19-27)21-30(37)35(20-23-12-16-25(33)17-13-23)22(2)31(38)34-26-8-4-5-9-26/h6-7,10-19,22,26H,3-5,8-9,20-21H2,1-2H3,(H,34,38)/t22-/m0/s1. The Balaban J connectivity index is 1.72. The molecule has 1 N–H and O–H groups in total. The van der Waals surface area contributed by atoms with E-state index < -0.39 is 34.3 Å². The molecule has 3 aromatic carbocycles. The third-order valence-electron chi connectivity index (χ3n) is 7.25. The Labute approximate surface area is 251 Å². The van der Waals surface area contributed by atoms with Gasteiger partial charge in [0.05, 0.1) is 17.2 Å². The summed E-state index contributed by atoms with van der Waals surface area (Å²) in [7, 11) is -4.29. The number of carbonyl (C=O) groups excluding carboxylic acids is 2. The fourth-order valence-electron chi connectivity index (χ4n) is 4.95. The minimum atomic E-state index is -4.29. The summed E-state index contributed by atoms with van der Waals surface area (Å²) in [5, 5.41) is 3.38. The summed E-state index contributed by atoms with van der Waals surface area (Å²) in [5.41, 5.74) is 0.763. The van der Waals surface area contributed by atoms with Gasteiger partial charge in [0.1, 0.15) is 24.2 Å². The number of hydrogen-bond donors (Lipinski definition) is 1. The fraction of sp³-hybridized carbons (Fsp3) is 0.355. The third kappa shape index (κ3) is 7.60. The average molecular weight is 616 g/mol. The fourth-order valence-corrected chi connectivity index (χ4v) is 6.50. The Morgan fingerprint density at radius 1 is 1.02 bits per heavy atom. The molecule has 1 atom stereocenters. The van der Waals surface area contributed by atoms with E-state index in [0.717, 1.165) is 30.0 Å². The number of anilines is 1. The minimum absolute atomic E-state index is 0.0275. The highest BCUT2D eigenvalue weighted by Gasteiger charge is 2.34. The molecule has 0 aliphatic heterocycles. The van der Waals surface area contributed by atoms with Crippen molar-refractivity contribution in [1.82, 2.24) is 10.2 Å². The van der Waals surface area contributed by atoms with Crippen LogP contribution in [0.25, 0.3) is 0 Å². The van der Waals surface area contributed by atoms with E-state index in [-0.39, 0.29) is 41.4 Å². The second kappa shape index (κ2) is 14.0. The van der Waals surface area contributed by atoms with E-state index in [4.69, 9.17) is 16.3 Å². The van der Waals surface area contributed by atoms with Crippen molar-refractivity contribution in [3.05, 3.63) is 89.2 Å². The third-order valence-corrected chi connectivity index (χ3v) is 9.28. The van der Waals surface area contributed by atoms with E-state index in [2.05, 4.69) is 5.32 Å². The average Bonchev–Trinajstić information content (AvgIpc) is 3.49. The van der Waals surface area contributed by atoms with Crippen molar-refractivity contribution in [2.45, 2.75) is 63.1 Å². The van der Waals surface area contributed by atoms with Gasteiger partial charge in [-0.2, -0.15) is 0 Å². The van der Waals surface area contributed by atoms with E-state index in [1.807, 2.05) is 0 Å². The summed E-state index contributed by atoms with van der Waals surface area (Å²) in [6.07, 6.45) is 3.78. The molecule has 1 aliphatic carbocycles. The molecule has 8 nitrogen and oxygen atoms in total. The number of sulfonamides is 1.